The van der Waals surface area contributed by atoms with Crippen molar-refractivity contribution in [2.75, 3.05) is 7.11 Å². The van der Waals surface area contributed by atoms with Crippen molar-refractivity contribution in [3.8, 4) is 11.5 Å². The number of rotatable bonds is 2. The summed E-state index contributed by atoms with van der Waals surface area (Å²) in [5.74, 6) is 1.48. The summed E-state index contributed by atoms with van der Waals surface area (Å²) in [6, 6.07) is 11.2. The van der Waals surface area contributed by atoms with Gasteiger partial charge in [-0.3, -0.25) is 4.79 Å². The van der Waals surface area contributed by atoms with Crippen molar-refractivity contribution in [3.63, 3.8) is 0 Å². The van der Waals surface area contributed by atoms with Gasteiger partial charge in [0.05, 0.1) is 23.6 Å². The minimum atomic E-state index is -0.270. The van der Waals surface area contributed by atoms with Gasteiger partial charge in [-0.2, -0.15) is 0 Å². The quantitative estimate of drug-likeness (QED) is 0.702. The highest BCUT2D eigenvalue weighted by Gasteiger charge is 2.28. The Labute approximate surface area is 139 Å². The van der Waals surface area contributed by atoms with Crippen LogP contribution in [-0.4, -0.2) is 12.9 Å². The number of carbonyl (C=O) groups is 1. The van der Waals surface area contributed by atoms with Crippen LogP contribution in [0.15, 0.2) is 45.3 Å². The highest BCUT2D eigenvalue weighted by atomic mass is 79.9. The van der Waals surface area contributed by atoms with E-state index in [2.05, 4.69) is 31.9 Å². The number of fused-ring (bicyclic) bond motifs is 1. The van der Waals surface area contributed by atoms with Crippen LogP contribution in [0.3, 0.4) is 0 Å². The maximum atomic E-state index is 12.3. The Hall–Kier alpha value is -1.33. The van der Waals surface area contributed by atoms with Crippen LogP contribution in [0.5, 0.6) is 11.5 Å². The van der Waals surface area contributed by atoms with Gasteiger partial charge in [-0.1, -0.05) is 22.0 Å². The molecule has 0 bridgehead atoms. The molecule has 1 heterocycles. The Balaban J connectivity index is 1.94. The highest BCUT2D eigenvalue weighted by Crippen LogP contribution is 2.38. The lowest BCUT2D eigenvalue weighted by atomic mass is 9.96. The van der Waals surface area contributed by atoms with Crippen LogP contribution in [0.2, 0.25) is 0 Å². The third-order valence-electron chi connectivity index (χ3n) is 3.43. The van der Waals surface area contributed by atoms with Gasteiger partial charge >= 0.3 is 0 Å². The number of hydrogen-bond acceptors (Lipinski definition) is 3. The average molecular weight is 412 g/mol. The molecular formula is C16H12Br2O3. The van der Waals surface area contributed by atoms with Crippen molar-refractivity contribution >= 4 is 37.6 Å². The Morgan fingerprint density at radius 1 is 1.19 bits per heavy atom. The van der Waals surface area contributed by atoms with E-state index in [0.717, 1.165) is 20.3 Å². The SMILES string of the molecule is COc1ccc(C2CC(=O)c3cc(Br)ccc3O2)cc1Br. The minimum absolute atomic E-state index is 0.0921. The molecule has 0 aromatic heterocycles. The smallest absolute Gasteiger partial charge is 0.170 e. The Morgan fingerprint density at radius 3 is 2.71 bits per heavy atom. The number of methoxy groups -OCH3 is 1. The van der Waals surface area contributed by atoms with E-state index in [1.165, 1.54) is 0 Å². The molecule has 21 heavy (non-hydrogen) atoms. The number of ether oxygens (including phenoxy) is 2. The summed E-state index contributed by atoms with van der Waals surface area (Å²) >= 11 is 6.83. The first kappa shape index (κ1) is 14.6. The molecule has 1 unspecified atom stereocenters. The third-order valence-corrected chi connectivity index (χ3v) is 4.54. The molecule has 0 saturated carbocycles. The van der Waals surface area contributed by atoms with E-state index < -0.39 is 0 Å². The Kier molecular flexibility index (Phi) is 4.04. The number of benzene rings is 2. The highest BCUT2D eigenvalue weighted by molar-refractivity contribution is 9.10. The number of ketones is 1. The van der Waals surface area contributed by atoms with Crippen LogP contribution in [0, 0.1) is 0 Å². The molecule has 1 aliphatic heterocycles. The van der Waals surface area contributed by atoms with Crippen LogP contribution in [0.25, 0.3) is 0 Å². The van der Waals surface area contributed by atoms with E-state index in [0.29, 0.717) is 17.7 Å². The monoisotopic (exact) mass is 410 g/mol. The molecule has 2 aromatic rings. The molecule has 0 fully saturated rings. The first-order chi connectivity index (χ1) is 10.1. The summed E-state index contributed by atoms with van der Waals surface area (Å²) in [5.41, 5.74) is 1.58. The minimum Gasteiger partial charge on any atom is -0.496 e. The largest absolute Gasteiger partial charge is 0.496 e. The zero-order chi connectivity index (χ0) is 15.0. The van der Waals surface area contributed by atoms with Crippen molar-refractivity contribution < 1.29 is 14.3 Å². The van der Waals surface area contributed by atoms with E-state index in [9.17, 15) is 4.79 Å². The second-order valence-corrected chi connectivity index (χ2v) is 6.54. The summed E-state index contributed by atoms with van der Waals surface area (Å²) in [7, 11) is 1.62. The molecule has 3 rings (SSSR count). The molecule has 3 nitrogen and oxygen atoms in total. The Bertz CT molecular complexity index is 713. The molecule has 0 aliphatic carbocycles. The van der Waals surface area contributed by atoms with Crippen LogP contribution >= 0.6 is 31.9 Å². The van der Waals surface area contributed by atoms with Gasteiger partial charge in [0.25, 0.3) is 0 Å². The second-order valence-electron chi connectivity index (χ2n) is 4.77. The van der Waals surface area contributed by atoms with Crippen molar-refractivity contribution in [1.29, 1.82) is 0 Å². The fourth-order valence-corrected chi connectivity index (χ4v) is 3.28. The molecule has 108 valence electrons. The van der Waals surface area contributed by atoms with Crippen molar-refractivity contribution in [2.45, 2.75) is 12.5 Å². The van der Waals surface area contributed by atoms with Crippen LogP contribution in [0.4, 0.5) is 0 Å². The van der Waals surface area contributed by atoms with Gasteiger partial charge in [0.2, 0.25) is 0 Å². The van der Waals surface area contributed by atoms with Gasteiger partial charge in [0.1, 0.15) is 17.6 Å². The maximum absolute atomic E-state index is 12.3. The Morgan fingerprint density at radius 2 is 2.00 bits per heavy atom. The molecule has 0 N–H and O–H groups in total. The standard InChI is InChI=1S/C16H12Br2O3/c1-20-15-4-2-9(6-12(15)18)16-8-13(19)11-7-10(17)3-5-14(11)21-16/h2-7,16H,8H2,1H3. The number of Topliss-reactive ketones (excluding diaryl/α,β-unsaturated/α-hetero) is 1. The zero-order valence-electron chi connectivity index (χ0n) is 11.2. The second kappa shape index (κ2) is 5.81. The van der Waals surface area contributed by atoms with Gasteiger partial charge in [0.15, 0.2) is 5.78 Å². The molecule has 1 aliphatic rings. The van der Waals surface area contributed by atoms with Crippen molar-refractivity contribution in [2.24, 2.45) is 0 Å². The zero-order valence-corrected chi connectivity index (χ0v) is 14.4. The van der Waals surface area contributed by atoms with Crippen LogP contribution < -0.4 is 9.47 Å². The molecule has 0 spiro atoms. The van der Waals surface area contributed by atoms with Gasteiger partial charge in [-0.15, -0.1) is 0 Å². The molecule has 0 saturated heterocycles. The number of carbonyl (C=O) groups excluding carboxylic acids is 1. The summed E-state index contributed by atoms with van der Waals surface area (Å²) in [6.45, 7) is 0. The van der Waals surface area contributed by atoms with Gasteiger partial charge in [0, 0.05) is 4.47 Å². The summed E-state index contributed by atoms with van der Waals surface area (Å²) in [4.78, 5) is 12.3. The molecule has 1 atom stereocenters. The summed E-state index contributed by atoms with van der Waals surface area (Å²) in [5, 5.41) is 0. The van der Waals surface area contributed by atoms with Gasteiger partial charge in [-0.05, 0) is 51.8 Å². The van der Waals surface area contributed by atoms with Crippen molar-refractivity contribution in [1.82, 2.24) is 0 Å². The van der Waals surface area contributed by atoms with E-state index >= 15 is 0 Å². The number of halogens is 2. The van der Waals surface area contributed by atoms with Gasteiger partial charge < -0.3 is 9.47 Å². The first-order valence-corrected chi connectivity index (χ1v) is 8.00. The summed E-state index contributed by atoms with van der Waals surface area (Å²) in [6.07, 6.45) is 0.0655. The van der Waals surface area contributed by atoms with Gasteiger partial charge in [-0.25, -0.2) is 0 Å². The lowest BCUT2D eigenvalue weighted by molar-refractivity contribution is 0.0850. The van der Waals surface area contributed by atoms with E-state index in [1.54, 1.807) is 13.2 Å². The molecule has 0 amide bonds. The predicted octanol–water partition coefficient (Wildman–Crippen LogP) is 4.93. The lowest BCUT2D eigenvalue weighted by Crippen LogP contribution is -2.20. The lowest BCUT2D eigenvalue weighted by Gasteiger charge is -2.26. The fraction of sp³-hybridized carbons (Fsp3) is 0.188. The fourth-order valence-electron chi connectivity index (χ4n) is 2.36. The summed E-state index contributed by atoms with van der Waals surface area (Å²) < 4.78 is 12.9. The topological polar surface area (TPSA) is 35.5 Å². The van der Waals surface area contributed by atoms with E-state index in [4.69, 9.17) is 9.47 Å². The van der Waals surface area contributed by atoms with E-state index in [1.807, 2.05) is 30.3 Å². The average Bonchev–Trinajstić information content (AvgIpc) is 2.47. The number of hydrogen-bond donors (Lipinski definition) is 0. The van der Waals surface area contributed by atoms with Crippen LogP contribution in [-0.2, 0) is 0 Å². The normalized spacial score (nSPS) is 17.1. The molecule has 2 aromatic carbocycles. The first-order valence-electron chi connectivity index (χ1n) is 6.41. The molecular weight excluding hydrogens is 400 g/mol. The third kappa shape index (κ3) is 2.85. The molecule has 5 heteroatoms. The van der Waals surface area contributed by atoms with Crippen molar-refractivity contribution in [3.05, 3.63) is 56.5 Å². The van der Waals surface area contributed by atoms with Crippen LogP contribution in [0.1, 0.15) is 28.4 Å². The maximum Gasteiger partial charge on any atom is 0.170 e. The molecule has 0 radical (unpaired) electrons. The predicted molar refractivity (Wildman–Crippen MR) is 87.2 cm³/mol. The van der Waals surface area contributed by atoms with E-state index in [-0.39, 0.29) is 11.9 Å².